The first-order valence-electron chi connectivity index (χ1n) is 6.81. The summed E-state index contributed by atoms with van der Waals surface area (Å²) < 4.78 is 0. The number of hydrogen-bond acceptors (Lipinski definition) is 4. The van der Waals surface area contributed by atoms with E-state index >= 15 is 0 Å². The van der Waals surface area contributed by atoms with Crippen molar-refractivity contribution >= 4 is 28.1 Å². The van der Waals surface area contributed by atoms with Crippen LogP contribution in [0.1, 0.15) is 15.9 Å². The van der Waals surface area contributed by atoms with E-state index in [1.54, 1.807) is 12.1 Å². The molecule has 0 aliphatic heterocycles. The van der Waals surface area contributed by atoms with Gasteiger partial charge < -0.3 is 5.73 Å². The molecule has 0 bridgehead atoms. The molecule has 1 amide bonds. The summed E-state index contributed by atoms with van der Waals surface area (Å²) in [5, 5.41) is 5.32. The SMILES string of the molecule is Cc1ccc(C(=O)Nc2nc(-c3ccc(N)cc3)cs2)cc1. The predicted octanol–water partition coefficient (Wildman–Crippen LogP) is 3.95. The highest BCUT2D eigenvalue weighted by Crippen LogP contribution is 2.25. The fourth-order valence-electron chi connectivity index (χ4n) is 1.99. The van der Waals surface area contributed by atoms with E-state index < -0.39 is 0 Å². The maximum absolute atomic E-state index is 12.2. The fraction of sp³-hybridized carbons (Fsp3) is 0.0588. The van der Waals surface area contributed by atoms with Crippen LogP contribution in [0.2, 0.25) is 0 Å². The number of nitrogen functional groups attached to an aromatic ring is 1. The van der Waals surface area contributed by atoms with Gasteiger partial charge in [-0.2, -0.15) is 0 Å². The molecule has 110 valence electrons. The van der Waals surface area contributed by atoms with Crippen LogP contribution in [-0.4, -0.2) is 10.9 Å². The average Bonchev–Trinajstić information content (AvgIpc) is 2.97. The molecule has 0 saturated carbocycles. The molecule has 22 heavy (non-hydrogen) atoms. The first-order valence-corrected chi connectivity index (χ1v) is 7.69. The molecule has 0 saturated heterocycles. The first-order chi connectivity index (χ1) is 10.6. The van der Waals surface area contributed by atoms with Gasteiger partial charge in [0.25, 0.3) is 5.91 Å². The number of aryl methyl sites for hydroxylation is 1. The number of carbonyl (C=O) groups is 1. The molecule has 1 heterocycles. The zero-order valence-electron chi connectivity index (χ0n) is 12.0. The molecular formula is C17H15N3OS. The third-order valence-corrected chi connectivity index (χ3v) is 4.00. The van der Waals surface area contributed by atoms with Crippen molar-refractivity contribution in [1.82, 2.24) is 4.98 Å². The van der Waals surface area contributed by atoms with Crippen LogP contribution < -0.4 is 11.1 Å². The molecular weight excluding hydrogens is 294 g/mol. The van der Waals surface area contributed by atoms with Gasteiger partial charge in [0.2, 0.25) is 0 Å². The minimum absolute atomic E-state index is 0.154. The highest BCUT2D eigenvalue weighted by Gasteiger charge is 2.09. The number of anilines is 2. The van der Waals surface area contributed by atoms with E-state index in [4.69, 9.17) is 5.73 Å². The van der Waals surface area contributed by atoms with Crippen molar-refractivity contribution in [3.8, 4) is 11.3 Å². The number of aromatic nitrogens is 1. The smallest absolute Gasteiger partial charge is 0.257 e. The lowest BCUT2D eigenvalue weighted by Crippen LogP contribution is -2.11. The Morgan fingerprint density at radius 3 is 2.45 bits per heavy atom. The zero-order chi connectivity index (χ0) is 15.5. The highest BCUT2D eigenvalue weighted by molar-refractivity contribution is 7.14. The molecule has 3 N–H and O–H groups in total. The molecule has 1 aromatic heterocycles. The summed E-state index contributed by atoms with van der Waals surface area (Å²) in [4.78, 5) is 16.6. The second kappa shape index (κ2) is 5.99. The molecule has 0 spiro atoms. The largest absolute Gasteiger partial charge is 0.399 e. The van der Waals surface area contributed by atoms with E-state index in [9.17, 15) is 4.79 Å². The van der Waals surface area contributed by atoms with Gasteiger partial charge in [-0.25, -0.2) is 4.98 Å². The lowest BCUT2D eigenvalue weighted by molar-refractivity contribution is 0.102. The minimum atomic E-state index is -0.154. The van der Waals surface area contributed by atoms with Crippen LogP contribution in [0.4, 0.5) is 10.8 Å². The van der Waals surface area contributed by atoms with Crippen molar-refractivity contribution in [2.75, 3.05) is 11.1 Å². The second-order valence-electron chi connectivity index (χ2n) is 4.98. The normalized spacial score (nSPS) is 10.4. The molecule has 5 heteroatoms. The Bertz CT molecular complexity index is 792. The fourth-order valence-corrected chi connectivity index (χ4v) is 2.71. The standard InChI is InChI=1S/C17H15N3OS/c1-11-2-4-13(5-3-11)16(21)20-17-19-15(10-22-17)12-6-8-14(18)9-7-12/h2-10H,18H2,1H3,(H,19,20,21). The third-order valence-electron chi connectivity index (χ3n) is 3.24. The number of thiazole rings is 1. The Kier molecular flexibility index (Phi) is 3.89. The molecule has 0 aliphatic rings. The van der Waals surface area contributed by atoms with Gasteiger partial charge in [0, 0.05) is 22.2 Å². The Morgan fingerprint density at radius 2 is 1.77 bits per heavy atom. The maximum atomic E-state index is 12.2. The topological polar surface area (TPSA) is 68.0 Å². The van der Waals surface area contributed by atoms with Crippen LogP contribution in [0.3, 0.4) is 0 Å². The summed E-state index contributed by atoms with van der Waals surface area (Å²) in [6.07, 6.45) is 0. The van der Waals surface area contributed by atoms with Gasteiger partial charge in [-0.05, 0) is 31.2 Å². The van der Waals surface area contributed by atoms with Crippen LogP contribution in [0.25, 0.3) is 11.3 Å². The van der Waals surface area contributed by atoms with Gasteiger partial charge >= 0.3 is 0 Å². The monoisotopic (exact) mass is 309 g/mol. The lowest BCUT2D eigenvalue weighted by Gasteiger charge is -2.02. The molecule has 2 aromatic carbocycles. The van der Waals surface area contributed by atoms with Gasteiger partial charge in [-0.1, -0.05) is 29.8 Å². The number of benzene rings is 2. The number of nitrogens with zero attached hydrogens (tertiary/aromatic N) is 1. The van der Waals surface area contributed by atoms with Crippen molar-refractivity contribution in [2.45, 2.75) is 6.92 Å². The van der Waals surface area contributed by atoms with E-state index in [2.05, 4.69) is 10.3 Å². The maximum Gasteiger partial charge on any atom is 0.257 e. The van der Waals surface area contributed by atoms with Crippen LogP contribution in [0, 0.1) is 6.92 Å². The van der Waals surface area contributed by atoms with Crippen LogP contribution in [0.5, 0.6) is 0 Å². The van der Waals surface area contributed by atoms with Gasteiger partial charge in [-0.15, -0.1) is 11.3 Å². The average molecular weight is 309 g/mol. The van der Waals surface area contributed by atoms with Crippen molar-refractivity contribution in [1.29, 1.82) is 0 Å². The number of amides is 1. The summed E-state index contributed by atoms with van der Waals surface area (Å²) in [7, 11) is 0. The third kappa shape index (κ3) is 3.15. The summed E-state index contributed by atoms with van der Waals surface area (Å²) in [6.45, 7) is 1.99. The summed E-state index contributed by atoms with van der Waals surface area (Å²) in [5.74, 6) is -0.154. The Hall–Kier alpha value is -2.66. The van der Waals surface area contributed by atoms with Crippen molar-refractivity contribution in [3.63, 3.8) is 0 Å². The van der Waals surface area contributed by atoms with E-state index in [0.29, 0.717) is 16.4 Å². The first kappa shape index (κ1) is 14.3. The Balaban J connectivity index is 1.75. The molecule has 0 unspecified atom stereocenters. The second-order valence-corrected chi connectivity index (χ2v) is 5.84. The summed E-state index contributed by atoms with van der Waals surface area (Å²) in [6, 6.07) is 14.9. The number of nitrogens with one attached hydrogen (secondary N) is 1. The quantitative estimate of drug-likeness (QED) is 0.720. The van der Waals surface area contributed by atoms with Gasteiger partial charge in [-0.3, -0.25) is 10.1 Å². The molecule has 0 atom stereocenters. The molecule has 3 aromatic rings. The van der Waals surface area contributed by atoms with E-state index in [1.165, 1.54) is 11.3 Å². The summed E-state index contributed by atoms with van der Waals surface area (Å²) in [5.41, 5.74) is 9.93. The zero-order valence-corrected chi connectivity index (χ0v) is 12.9. The van der Waals surface area contributed by atoms with Gasteiger partial charge in [0.05, 0.1) is 5.69 Å². The highest BCUT2D eigenvalue weighted by atomic mass is 32.1. The number of carbonyl (C=O) groups excluding carboxylic acids is 1. The van der Waals surface area contributed by atoms with Crippen molar-refractivity contribution in [2.24, 2.45) is 0 Å². The minimum Gasteiger partial charge on any atom is -0.399 e. The molecule has 0 aliphatic carbocycles. The Morgan fingerprint density at radius 1 is 1.09 bits per heavy atom. The van der Waals surface area contributed by atoms with Crippen LogP contribution >= 0.6 is 11.3 Å². The van der Waals surface area contributed by atoms with Gasteiger partial charge in [0.1, 0.15) is 0 Å². The van der Waals surface area contributed by atoms with E-state index in [-0.39, 0.29) is 5.91 Å². The van der Waals surface area contributed by atoms with Crippen molar-refractivity contribution < 1.29 is 4.79 Å². The van der Waals surface area contributed by atoms with Crippen molar-refractivity contribution in [3.05, 3.63) is 65.0 Å². The number of nitrogens with two attached hydrogens (primary N) is 1. The number of hydrogen-bond donors (Lipinski definition) is 2. The molecule has 0 radical (unpaired) electrons. The lowest BCUT2D eigenvalue weighted by atomic mass is 10.1. The molecule has 0 fully saturated rings. The molecule has 3 rings (SSSR count). The number of rotatable bonds is 3. The van der Waals surface area contributed by atoms with E-state index in [0.717, 1.165) is 16.8 Å². The summed E-state index contributed by atoms with van der Waals surface area (Å²) >= 11 is 1.40. The van der Waals surface area contributed by atoms with Crippen LogP contribution in [0.15, 0.2) is 53.9 Å². The Labute approximate surface area is 132 Å². The van der Waals surface area contributed by atoms with Crippen LogP contribution in [-0.2, 0) is 0 Å². The van der Waals surface area contributed by atoms with E-state index in [1.807, 2.05) is 48.7 Å². The van der Waals surface area contributed by atoms with Gasteiger partial charge in [0.15, 0.2) is 5.13 Å². The molecule has 4 nitrogen and oxygen atoms in total. The predicted molar refractivity (Wildman–Crippen MR) is 91.1 cm³/mol.